The summed E-state index contributed by atoms with van der Waals surface area (Å²) in [6, 6.07) is 17.2. The van der Waals surface area contributed by atoms with Gasteiger partial charge in [-0.3, -0.25) is 13.9 Å². The molecule has 0 bridgehead atoms. The van der Waals surface area contributed by atoms with Crippen molar-refractivity contribution in [1.82, 2.24) is 10.2 Å². The molecule has 0 aromatic heterocycles. The molecule has 3 aromatic carbocycles. The molecule has 1 fully saturated rings. The summed E-state index contributed by atoms with van der Waals surface area (Å²) in [4.78, 5) is 28.7. The number of rotatable bonds is 11. The van der Waals surface area contributed by atoms with Crippen LogP contribution in [0.5, 0.6) is 5.75 Å². The lowest BCUT2D eigenvalue weighted by atomic mass is 9.95. The standard InChI is InChI=1S/C31H35BrFN3O5S/c1-22(31(38)34-26-6-4-3-5-7-26)35(20-23-8-10-24(32)11-9-23)30(37)21-36(27-14-12-25(33)13-15-27)42(39,40)29-18-16-28(41-2)17-19-29/h8-19,22,26H,3-7,20-21H2,1-2H3,(H,34,38)/t22-/m1/s1. The van der Waals surface area contributed by atoms with Crippen molar-refractivity contribution in [3.8, 4) is 5.75 Å². The predicted octanol–water partition coefficient (Wildman–Crippen LogP) is 5.66. The molecular formula is C31H35BrFN3O5S. The number of carbonyl (C=O) groups excluding carboxylic acids is 2. The topological polar surface area (TPSA) is 96.0 Å². The smallest absolute Gasteiger partial charge is 0.264 e. The molecule has 224 valence electrons. The van der Waals surface area contributed by atoms with Crippen molar-refractivity contribution >= 4 is 43.5 Å². The SMILES string of the molecule is COc1ccc(S(=O)(=O)N(CC(=O)N(Cc2ccc(Br)cc2)[C@H](C)C(=O)NC2CCCCC2)c2ccc(F)cc2)cc1. The van der Waals surface area contributed by atoms with Gasteiger partial charge in [0.15, 0.2) is 0 Å². The van der Waals surface area contributed by atoms with E-state index >= 15 is 0 Å². The van der Waals surface area contributed by atoms with Gasteiger partial charge < -0.3 is 15.0 Å². The van der Waals surface area contributed by atoms with Crippen LogP contribution >= 0.6 is 15.9 Å². The second-order valence-corrected chi connectivity index (χ2v) is 13.1. The van der Waals surface area contributed by atoms with Gasteiger partial charge in [-0.2, -0.15) is 0 Å². The van der Waals surface area contributed by atoms with Crippen LogP contribution < -0.4 is 14.4 Å². The van der Waals surface area contributed by atoms with Gasteiger partial charge in [-0.05, 0) is 86.0 Å². The molecule has 0 spiro atoms. The van der Waals surface area contributed by atoms with Crippen LogP contribution in [0.2, 0.25) is 0 Å². The maximum atomic E-state index is 14.0. The van der Waals surface area contributed by atoms with E-state index in [-0.39, 0.29) is 29.1 Å². The van der Waals surface area contributed by atoms with Crippen molar-refractivity contribution in [1.29, 1.82) is 0 Å². The summed E-state index contributed by atoms with van der Waals surface area (Å²) < 4.78 is 48.5. The van der Waals surface area contributed by atoms with Gasteiger partial charge in [0.25, 0.3) is 10.0 Å². The van der Waals surface area contributed by atoms with E-state index in [2.05, 4.69) is 21.2 Å². The van der Waals surface area contributed by atoms with Gasteiger partial charge in [0.1, 0.15) is 24.2 Å². The molecule has 1 aliphatic rings. The number of hydrogen-bond donors (Lipinski definition) is 1. The molecule has 1 atom stereocenters. The zero-order chi connectivity index (χ0) is 30.3. The first-order valence-electron chi connectivity index (χ1n) is 13.8. The summed E-state index contributed by atoms with van der Waals surface area (Å²) in [5.74, 6) is -0.946. The van der Waals surface area contributed by atoms with Gasteiger partial charge in [0.2, 0.25) is 11.8 Å². The Morgan fingerprint density at radius 1 is 0.976 bits per heavy atom. The highest BCUT2D eigenvalue weighted by Gasteiger charge is 2.33. The lowest BCUT2D eigenvalue weighted by Gasteiger charge is -2.33. The quantitative estimate of drug-likeness (QED) is 0.287. The number of nitrogens with one attached hydrogen (secondary N) is 1. The molecule has 11 heteroatoms. The molecule has 42 heavy (non-hydrogen) atoms. The second-order valence-electron chi connectivity index (χ2n) is 10.3. The Bertz CT molecular complexity index is 1460. The van der Waals surface area contributed by atoms with Gasteiger partial charge in [-0.15, -0.1) is 0 Å². The fourth-order valence-corrected chi connectivity index (χ4v) is 6.63. The molecule has 1 aliphatic carbocycles. The molecule has 1 saturated carbocycles. The highest BCUT2D eigenvalue weighted by molar-refractivity contribution is 9.10. The van der Waals surface area contributed by atoms with E-state index in [9.17, 15) is 22.4 Å². The summed E-state index contributed by atoms with van der Waals surface area (Å²) in [6.07, 6.45) is 4.99. The van der Waals surface area contributed by atoms with Crippen LogP contribution in [-0.2, 0) is 26.2 Å². The Morgan fingerprint density at radius 3 is 2.19 bits per heavy atom. The maximum Gasteiger partial charge on any atom is 0.264 e. The minimum Gasteiger partial charge on any atom is -0.497 e. The van der Waals surface area contributed by atoms with E-state index < -0.39 is 34.3 Å². The first-order valence-corrected chi connectivity index (χ1v) is 16.1. The average Bonchev–Trinajstić information content (AvgIpc) is 3.00. The fraction of sp³-hybridized carbons (Fsp3) is 0.355. The Hall–Kier alpha value is -3.44. The van der Waals surface area contributed by atoms with Crippen LogP contribution in [0.3, 0.4) is 0 Å². The molecule has 0 radical (unpaired) electrons. The van der Waals surface area contributed by atoms with E-state index in [0.29, 0.717) is 5.75 Å². The van der Waals surface area contributed by atoms with Gasteiger partial charge in [-0.1, -0.05) is 47.3 Å². The minimum atomic E-state index is -4.27. The Morgan fingerprint density at radius 2 is 1.60 bits per heavy atom. The highest BCUT2D eigenvalue weighted by Crippen LogP contribution is 2.26. The number of nitrogens with zero attached hydrogens (tertiary/aromatic N) is 2. The average molecular weight is 661 g/mol. The van der Waals surface area contributed by atoms with Gasteiger partial charge in [0.05, 0.1) is 17.7 Å². The van der Waals surface area contributed by atoms with Crippen molar-refractivity contribution < 1.29 is 27.1 Å². The number of anilines is 1. The second kappa shape index (κ2) is 14.2. The third-order valence-corrected chi connectivity index (χ3v) is 9.74. The minimum absolute atomic E-state index is 0.0458. The third-order valence-electron chi connectivity index (χ3n) is 7.43. The molecule has 4 rings (SSSR count). The van der Waals surface area contributed by atoms with E-state index in [0.717, 1.165) is 58.6 Å². The lowest BCUT2D eigenvalue weighted by molar-refractivity contribution is -0.139. The number of methoxy groups -OCH3 is 1. The zero-order valence-electron chi connectivity index (χ0n) is 23.6. The Kier molecular flexibility index (Phi) is 10.6. The third kappa shape index (κ3) is 7.89. The van der Waals surface area contributed by atoms with E-state index in [1.807, 2.05) is 24.3 Å². The summed E-state index contributed by atoms with van der Waals surface area (Å²) in [5.41, 5.74) is 0.888. The molecular weight excluding hydrogens is 625 g/mol. The lowest BCUT2D eigenvalue weighted by Crippen LogP contribution is -2.53. The number of hydrogen-bond acceptors (Lipinski definition) is 5. The molecule has 1 N–H and O–H groups in total. The highest BCUT2D eigenvalue weighted by atomic mass is 79.9. The monoisotopic (exact) mass is 659 g/mol. The normalized spacial score (nSPS) is 14.6. The number of halogens is 2. The van der Waals surface area contributed by atoms with Gasteiger partial charge >= 0.3 is 0 Å². The number of carbonyl (C=O) groups is 2. The summed E-state index contributed by atoms with van der Waals surface area (Å²) in [6.45, 7) is 1.14. The molecule has 0 heterocycles. The maximum absolute atomic E-state index is 14.0. The van der Waals surface area contributed by atoms with Crippen LogP contribution in [0.4, 0.5) is 10.1 Å². The summed E-state index contributed by atoms with van der Waals surface area (Å²) >= 11 is 3.41. The predicted molar refractivity (Wildman–Crippen MR) is 163 cm³/mol. The first kappa shape index (κ1) is 31.5. The van der Waals surface area contributed by atoms with Crippen molar-refractivity contribution in [2.75, 3.05) is 18.0 Å². The van der Waals surface area contributed by atoms with Gasteiger partial charge in [0, 0.05) is 17.1 Å². The molecule has 2 amide bonds. The van der Waals surface area contributed by atoms with Gasteiger partial charge in [-0.25, -0.2) is 12.8 Å². The fourth-order valence-electron chi connectivity index (χ4n) is 4.95. The van der Waals surface area contributed by atoms with Crippen LogP contribution in [0.1, 0.15) is 44.6 Å². The molecule has 0 aliphatic heterocycles. The van der Waals surface area contributed by atoms with E-state index in [4.69, 9.17) is 4.74 Å². The Labute approximate surface area is 255 Å². The largest absolute Gasteiger partial charge is 0.497 e. The van der Waals surface area contributed by atoms with Crippen molar-refractivity contribution in [2.24, 2.45) is 0 Å². The number of benzene rings is 3. The van der Waals surface area contributed by atoms with Crippen LogP contribution in [0.15, 0.2) is 82.2 Å². The Balaban J connectivity index is 1.66. The number of ether oxygens (including phenoxy) is 1. The number of sulfonamides is 1. The van der Waals surface area contributed by atoms with Crippen molar-refractivity contribution in [2.45, 2.75) is 62.6 Å². The van der Waals surface area contributed by atoms with Crippen LogP contribution in [-0.4, -0.2) is 50.9 Å². The van der Waals surface area contributed by atoms with E-state index in [1.54, 1.807) is 6.92 Å². The van der Waals surface area contributed by atoms with Crippen molar-refractivity contribution in [3.05, 3.63) is 88.6 Å². The van der Waals surface area contributed by atoms with Crippen LogP contribution in [0, 0.1) is 5.82 Å². The summed E-state index contributed by atoms with van der Waals surface area (Å²) in [7, 11) is -2.80. The molecule has 3 aromatic rings. The summed E-state index contributed by atoms with van der Waals surface area (Å²) in [5, 5.41) is 3.08. The van der Waals surface area contributed by atoms with Crippen molar-refractivity contribution in [3.63, 3.8) is 0 Å². The number of amides is 2. The van der Waals surface area contributed by atoms with E-state index in [1.165, 1.54) is 48.4 Å². The molecule has 0 saturated heterocycles. The zero-order valence-corrected chi connectivity index (χ0v) is 26.0. The molecule has 0 unspecified atom stereocenters. The molecule has 8 nitrogen and oxygen atoms in total. The van der Waals surface area contributed by atoms with Crippen LogP contribution in [0.25, 0.3) is 0 Å². The first-order chi connectivity index (χ1) is 20.1.